The average Bonchev–Trinajstić information content (AvgIpc) is 1.99. The van der Waals surface area contributed by atoms with Gasteiger partial charge in [0.15, 0.2) is 5.78 Å². The zero-order valence-electron chi connectivity index (χ0n) is 6.36. The highest BCUT2D eigenvalue weighted by atomic mass is 16.3. The van der Waals surface area contributed by atoms with E-state index in [-0.39, 0.29) is 18.8 Å². The van der Waals surface area contributed by atoms with Gasteiger partial charge in [0.2, 0.25) is 0 Å². The number of aliphatic hydroxyl groups excluding tert-OH is 1. The molecule has 0 aromatic rings. The van der Waals surface area contributed by atoms with E-state index in [1.807, 2.05) is 0 Å². The predicted molar refractivity (Wildman–Crippen MR) is 45.2 cm³/mol. The summed E-state index contributed by atoms with van der Waals surface area (Å²) >= 11 is 0. The standard InChI is InChI=1S/C9H12O2/c1-2-3-4-5-6-9(11)7-8-10/h2-6,10H,1,7-8H2. The molecule has 0 spiro atoms. The fourth-order valence-electron chi connectivity index (χ4n) is 0.499. The molecule has 0 radical (unpaired) electrons. The molecule has 0 aliphatic carbocycles. The molecule has 0 amide bonds. The summed E-state index contributed by atoms with van der Waals surface area (Å²) in [6, 6.07) is 0. The van der Waals surface area contributed by atoms with Crippen LogP contribution >= 0.6 is 0 Å². The van der Waals surface area contributed by atoms with E-state index in [2.05, 4.69) is 6.58 Å². The number of carbonyl (C=O) groups is 1. The van der Waals surface area contributed by atoms with Crippen LogP contribution in [0.1, 0.15) is 6.42 Å². The number of carbonyl (C=O) groups excluding carboxylic acids is 1. The van der Waals surface area contributed by atoms with E-state index in [0.29, 0.717) is 0 Å². The molecular formula is C9H12O2. The maximum absolute atomic E-state index is 10.7. The van der Waals surface area contributed by atoms with Crippen LogP contribution in [-0.2, 0) is 4.79 Å². The molecular weight excluding hydrogens is 140 g/mol. The van der Waals surface area contributed by atoms with E-state index in [4.69, 9.17) is 5.11 Å². The molecule has 0 bridgehead atoms. The third-order valence-electron chi connectivity index (χ3n) is 0.999. The van der Waals surface area contributed by atoms with Crippen molar-refractivity contribution in [3.63, 3.8) is 0 Å². The zero-order chi connectivity index (χ0) is 8.53. The van der Waals surface area contributed by atoms with Crippen LogP contribution in [-0.4, -0.2) is 17.5 Å². The summed E-state index contributed by atoms with van der Waals surface area (Å²) in [6.07, 6.45) is 8.31. The lowest BCUT2D eigenvalue weighted by Gasteiger charge is -1.85. The number of hydrogen-bond acceptors (Lipinski definition) is 2. The van der Waals surface area contributed by atoms with Crippen LogP contribution in [0.2, 0.25) is 0 Å². The predicted octanol–water partition coefficient (Wildman–Crippen LogP) is 1.24. The second kappa shape index (κ2) is 6.96. The molecule has 0 aromatic heterocycles. The van der Waals surface area contributed by atoms with Crippen LogP contribution in [0.5, 0.6) is 0 Å². The fraction of sp³-hybridized carbons (Fsp3) is 0.222. The highest BCUT2D eigenvalue weighted by Gasteiger charge is 1.90. The summed E-state index contributed by atoms with van der Waals surface area (Å²) in [5, 5.41) is 8.35. The van der Waals surface area contributed by atoms with Crippen molar-refractivity contribution < 1.29 is 9.90 Å². The Bertz CT molecular complexity index is 178. The number of ketones is 1. The number of aliphatic hydroxyl groups is 1. The Balaban J connectivity index is 3.64. The highest BCUT2D eigenvalue weighted by molar-refractivity contribution is 5.89. The molecule has 0 aliphatic rings. The Kier molecular flexibility index (Phi) is 6.24. The summed E-state index contributed by atoms with van der Waals surface area (Å²) in [5.74, 6) is -0.0683. The van der Waals surface area contributed by atoms with Gasteiger partial charge in [0.05, 0.1) is 6.61 Å². The van der Waals surface area contributed by atoms with Gasteiger partial charge in [0.1, 0.15) is 0 Å². The van der Waals surface area contributed by atoms with E-state index in [1.54, 1.807) is 24.3 Å². The van der Waals surface area contributed by atoms with Crippen LogP contribution in [0.15, 0.2) is 37.0 Å². The Morgan fingerprint density at radius 2 is 2.09 bits per heavy atom. The summed E-state index contributed by atoms with van der Waals surface area (Å²) in [5.41, 5.74) is 0. The Labute approximate surface area is 66.5 Å². The van der Waals surface area contributed by atoms with E-state index in [1.165, 1.54) is 6.08 Å². The van der Waals surface area contributed by atoms with Crippen molar-refractivity contribution in [1.29, 1.82) is 0 Å². The first kappa shape index (κ1) is 9.85. The third-order valence-corrected chi connectivity index (χ3v) is 0.999. The van der Waals surface area contributed by atoms with Gasteiger partial charge >= 0.3 is 0 Å². The highest BCUT2D eigenvalue weighted by Crippen LogP contribution is 1.85. The molecule has 2 heteroatoms. The number of hydrogen-bond donors (Lipinski definition) is 1. The van der Waals surface area contributed by atoms with Crippen LogP contribution < -0.4 is 0 Å². The van der Waals surface area contributed by atoms with Crippen LogP contribution in [0.25, 0.3) is 0 Å². The molecule has 0 unspecified atom stereocenters. The molecule has 0 saturated heterocycles. The van der Waals surface area contributed by atoms with Gasteiger partial charge in [-0.3, -0.25) is 4.79 Å². The van der Waals surface area contributed by atoms with Crippen molar-refractivity contribution in [1.82, 2.24) is 0 Å². The molecule has 60 valence electrons. The number of allylic oxidation sites excluding steroid dienone is 5. The van der Waals surface area contributed by atoms with E-state index in [0.717, 1.165) is 0 Å². The van der Waals surface area contributed by atoms with Crippen molar-refractivity contribution in [2.45, 2.75) is 6.42 Å². The van der Waals surface area contributed by atoms with Gasteiger partial charge in [-0.2, -0.15) is 0 Å². The van der Waals surface area contributed by atoms with Crippen LogP contribution in [0, 0.1) is 0 Å². The maximum atomic E-state index is 10.7. The first-order valence-corrected chi connectivity index (χ1v) is 3.40. The molecule has 0 rings (SSSR count). The lowest BCUT2D eigenvalue weighted by atomic mass is 10.2. The monoisotopic (exact) mass is 152 g/mol. The number of rotatable bonds is 5. The van der Waals surface area contributed by atoms with Gasteiger partial charge in [-0.1, -0.05) is 30.9 Å². The van der Waals surface area contributed by atoms with Gasteiger partial charge in [0, 0.05) is 6.42 Å². The van der Waals surface area contributed by atoms with E-state index in [9.17, 15) is 4.79 Å². The summed E-state index contributed by atoms with van der Waals surface area (Å²) in [6.45, 7) is 3.38. The largest absolute Gasteiger partial charge is 0.396 e. The normalized spacial score (nSPS) is 11.0. The van der Waals surface area contributed by atoms with Gasteiger partial charge in [0.25, 0.3) is 0 Å². The summed E-state index contributed by atoms with van der Waals surface area (Å²) < 4.78 is 0. The average molecular weight is 152 g/mol. The molecule has 0 atom stereocenters. The van der Waals surface area contributed by atoms with Crippen molar-refractivity contribution in [2.75, 3.05) is 6.61 Å². The van der Waals surface area contributed by atoms with Crippen molar-refractivity contribution in [3.05, 3.63) is 37.0 Å². The van der Waals surface area contributed by atoms with Gasteiger partial charge in [-0.05, 0) is 6.08 Å². The molecule has 0 aliphatic heterocycles. The van der Waals surface area contributed by atoms with E-state index >= 15 is 0 Å². The van der Waals surface area contributed by atoms with Gasteiger partial charge < -0.3 is 5.11 Å². The first-order chi connectivity index (χ1) is 5.31. The van der Waals surface area contributed by atoms with Crippen LogP contribution in [0.4, 0.5) is 0 Å². The van der Waals surface area contributed by atoms with E-state index < -0.39 is 0 Å². The Hall–Kier alpha value is -1.15. The molecule has 0 heterocycles. The lowest BCUT2D eigenvalue weighted by molar-refractivity contribution is -0.115. The molecule has 1 N–H and O–H groups in total. The quantitative estimate of drug-likeness (QED) is 0.475. The van der Waals surface area contributed by atoms with Gasteiger partial charge in [-0.25, -0.2) is 0 Å². The summed E-state index contributed by atoms with van der Waals surface area (Å²) in [7, 11) is 0. The topological polar surface area (TPSA) is 37.3 Å². The molecule has 0 fully saturated rings. The molecule has 2 nitrogen and oxygen atoms in total. The SMILES string of the molecule is C=CC=CC=CC(=O)CCO. The third kappa shape index (κ3) is 6.74. The Morgan fingerprint density at radius 1 is 1.36 bits per heavy atom. The first-order valence-electron chi connectivity index (χ1n) is 3.40. The maximum Gasteiger partial charge on any atom is 0.157 e. The molecule has 0 saturated carbocycles. The van der Waals surface area contributed by atoms with Crippen molar-refractivity contribution >= 4 is 5.78 Å². The Morgan fingerprint density at radius 3 is 2.64 bits per heavy atom. The minimum atomic E-state index is -0.0889. The smallest absolute Gasteiger partial charge is 0.157 e. The molecule has 0 aromatic carbocycles. The minimum Gasteiger partial charge on any atom is -0.396 e. The lowest BCUT2D eigenvalue weighted by Crippen LogP contribution is -1.94. The second-order valence-corrected chi connectivity index (χ2v) is 1.92. The van der Waals surface area contributed by atoms with Crippen molar-refractivity contribution in [2.24, 2.45) is 0 Å². The molecule has 11 heavy (non-hydrogen) atoms. The minimum absolute atomic E-state index is 0.0683. The zero-order valence-corrected chi connectivity index (χ0v) is 6.36. The van der Waals surface area contributed by atoms with Gasteiger partial charge in [-0.15, -0.1) is 0 Å². The fourth-order valence-corrected chi connectivity index (χ4v) is 0.499. The summed E-state index contributed by atoms with van der Waals surface area (Å²) in [4.78, 5) is 10.7. The second-order valence-electron chi connectivity index (χ2n) is 1.92. The van der Waals surface area contributed by atoms with Crippen LogP contribution in [0.3, 0.4) is 0 Å². The van der Waals surface area contributed by atoms with Crippen molar-refractivity contribution in [3.8, 4) is 0 Å².